The first kappa shape index (κ1) is 21.5. The van der Waals surface area contributed by atoms with Crippen molar-refractivity contribution in [2.24, 2.45) is 0 Å². The van der Waals surface area contributed by atoms with E-state index in [2.05, 4.69) is 10.6 Å². The van der Waals surface area contributed by atoms with Gasteiger partial charge in [-0.15, -0.1) is 0 Å². The van der Waals surface area contributed by atoms with Crippen LogP contribution in [0, 0.1) is 5.82 Å². The Morgan fingerprint density at radius 3 is 2.74 bits per heavy atom. The molecule has 3 aromatic rings. The van der Waals surface area contributed by atoms with Gasteiger partial charge in [0.15, 0.2) is 11.2 Å². The summed E-state index contributed by atoms with van der Waals surface area (Å²) in [4.78, 5) is 62.7. The van der Waals surface area contributed by atoms with Gasteiger partial charge in [-0.25, -0.2) is 4.39 Å². The second-order valence-electron chi connectivity index (χ2n) is 8.19. The second kappa shape index (κ2) is 8.22. The molecular weight excluding hydrogens is 445 g/mol. The van der Waals surface area contributed by atoms with Crippen molar-refractivity contribution in [3.05, 3.63) is 81.0 Å². The van der Waals surface area contributed by atoms with Crippen LogP contribution in [-0.4, -0.2) is 34.6 Å². The predicted octanol–water partition coefficient (Wildman–Crippen LogP) is 1.62. The van der Waals surface area contributed by atoms with Crippen molar-refractivity contribution in [2.45, 2.75) is 32.0 Å². The largest absolute Gasteiger partial charge is 0.451 e. The molecule has 5 rings (SSSR count). The average molecular weight is 463 g/mol. The quantitative estimate of drug-likeness (QED) is 0.567. The topological polar surface area (TPSA) is 126 Å². The van der Waals surface area contributed by atoms with E-state index in [9.17, 15) is 28.4 Å². The van der Waals surface area contributed by atoms with Gasteiger partial charge in [0.1, 0.15) is 17.4 Å². The van der Waals surface area contributed by atoms with Crippen molar-refractivity contribution in [2.75, 3.05) is 0 Å². The molecule has 10 heteroatoms. The van der Waals surface area contributed by atoms with Gasteiger partial charge >= 0.3 is 0 Å². The van der Waals surface area contributed by atoms with Gasteiger partial charge in [0.05, 0.1) is 5.39 Å². The highest BCUT2D eigenvalue weighted by molar-refractivity contribution is 6.05. The van der Waals surface area contributed by atoms with Gasteiger partial charge in [-0.1, -0.05) is 12.1 Å². The number of carbonyl (C=O) groups excluding carboxylic acids is 4. The van der Waals surface area contributed by atoms with Crippen LogP contribution in [0.3, 0.4) is 0 Å². The molecule has 0 bridgehead atoms. The van der Waals surface area contributed by atoms with Crippen LogP contribution in [0.1, 0.15) is 44.9 Å². The van der Waals surface area contributed by atoms with E-state index < -0.39 is 29.1 Å². The van der Waals surface area contributed by atoms with Crippen LogP contribution in [0.4, 0.5) is 4.39 Å². The lowest BCUT2D eigenvalue weighted by Crippen LogP contribution is -2.52. The Hall–Kier alpha value is -4.34. The maximum absolute atomic E-state index is 13.5. The van der Waals surface area contributed by atoms with Crippen molar-refractivity contribution < 1.29 is 28.0 Å². The van der Waals surface area contributed by atoms with Crippen LogP contribution in [0.25, 0.3) is 11.0 Å². The number of hydrogen-bond acceptors (Lipinski definition) is 6. The summed E-state index contributed by atoms with van der Waals surface area (Å²) in [5.41, 5.74) is 1.29. The van der Waals surface area contributed by atoms with E-state index in [1.807, 2.05) is 0 Å². The van der Waals surface area contributed by atoms with Crippen LogP contribution in [0.5, 0.6) is 0 Å². The third-order valence-corrected chi connectivity index (χ3v) is 5.96. The molecule has 2 aliphatic heterocycles. The first-order valence-corrected chi connectivity index (χ1v) is 10.6. The Labute approximate surface area is 191 Å². The van der Waals surface area contributed by atoms with Gasteiger partial charge in [0.2, 0.25) is 11.8 Å². The maximum atomic E-state index is 13.5. The molecule has 0 saturated carbocycles. The first-order chi connectivity index (χ1) is 16.3. The first-order valence-electron chi connectivity index (χ1n) is 10.6. The van der Waals surface area contributed by atoms with Crippen LogP contribution in [0.2, 0.25) is 0 Å². The van der Waals surface area contributed by atoms with Crippen LogP contribution in [0.15, 0.2) is 51.7 Å². The minimum absolute atomic E-state index is 0.0330. The minimum atomic E-state index is -0.707. The number of fused-ring (bicyclic) bond motifs is 2. The molecule has 3 heterocycles. The van der Waals surface area contributed by atoms with Crippen molar-refractivity contribution in [3.8, 4) is 0 Å². The lowest BCUT2D eigenvalue weighted by molar-refractivity contribution is -0.136. The summed E-state index contributed by atoms with van der Waals surface area (Å²) < 4.78 is 18.9. The van der Waals surface area contributed by atoms with E-state index in [4.69, 9.17) is 4.42 Å². The number of halogens is 1. The number of piperidine rings is 1. The zero-order valence-corrected chi connectivity index (χ0v) is 17.7. The van der Waals surface area contributed by atoms with Crippen molar-refractivity contribution in [1.82, 2.24) is 15.5 Å². The molecule has 2 aliphatic rings. The fraction of sp³-hybridized carbons (Fsp3) is 0.208. The lowest BCUT2D eigenvalue weighted by Gasteiger charge is -2.29. The SMILES string of the molecule is O=C1CCC(N2Cc3ccc(CNC(=O)c4cc(=O)c5ccc(F)cc5o4)cc3C2=O)C(=O)N1. The Balaban J connectivity index is 1.30. The number of hydrogen-bond donors (Lipinski definition) is 2. The molecule has 0 aliphatic carbocycles. The summed E-state index contributed by atoms with van der Waals surface area (Å²) in [5, 5.41) is 5.05. The number of rotatable bonds is 4. The maximum Gasteiger partial charge on any atom is 0.287 e. The molecule has 1 saturated heterocycles. The summed E-state index contributed by atoms with van der Waals surface area (Å²) in [6, 6.07) is 8.92. The Morgan fingerprint density at radius 2 is 1.94 bits per heavy atom. The Kier molecular flexibility index (Phi) is 5.20. The van der Waals surface area contributed by atoms with Crippen molar-refractivity contribution in [3.63, 3.8) is 0 Å². The van der Waals surface area contributed by atoms with Crippen LogP contribution in [-0.2, 0) is 22.7 Å². The zero-order chi connectivity index (χ0) is 24.0. The number of carbonyl (C=O) groups is 4. The third kappa shape index (κ3) is 3.83. The van der Waals surface area contributed by atoms with E-state index in [0.29, 0.717) is 11.1 Å². The Morgan fingerprint density at radius 1 is 1.12 bits per heavy atom. The van der Waals surface area contributed by atoms with E-state index in [0.717, 1.165) is 23.8 Å². The standard InChI is InChI=1S/C24H18FN3O6/c25-14-3-4-15-18(29)9-20(34-19(15)8-14)23(32)26-10-12-1-2-13-11-28(24(33)16(13)7-12)17-5-6-21(30)27-22(17)31/h1-4,7-9,17H,5-6,10-11H2,(H,26,32)(H,27,30,31). The molecule has 34 heavy (non-hydrogen) atoms. The predicted molar refractivity (Wildman–Crippen MR) is 116 cm³/mol. The summed E-state index contributed by atoms with van der Waals surface area (Å²) in [7, 11) is 0. The lowest BCUT2D eigenvalue weighted by atomic mass is 10.0. The molecule has 172 valence electrons. The van der Waals surface area contributed by atoms with Crippen molar-refractivity contribution >= 4 is 34.6 Å². The molecule has 0 radical (unpaired) electrons. The summed E-state index contributed by atoms with van der Waals surface area (Å²) in [5.74, 6) is -2.68. The average Bonchev–Trinajstić information content (AvgIpc) is 3.12. The number of nitrogens with one attached hydrogen (secondary N) is 2. The van der Waals surface area contributed by atoms with E-state index >= 15 is 0 Å². The van der Waals surface area contributed by atoms with Crippen LogP contribution < -0.4 is 16.1 Å². The summed E-state index contributed by atoms with van der Waals surface area (Å²) in [6.45, 7) is 0.300. The zero-order valence-electron chi connectivity index (χ0n) is 17.7. The molecule has 9 nitrogen and oxygen atoms in total. The number of amides is 4. The van der Waals surface area contributed by atoms with E-state index in [1.54, 1.807) is 18.2 Å². The highest BCUT2D eigenvalue weighted by Gasteiger charge is 2.39. The Bertz CT molecular complexity index is 1450. The van der Waals surface area contributed by atoms with Gasteiger partial charge in [-0.05, 0) is 35.7 Å². The van der Waals surface area contributed by atoms with Crippen LogP contribution >= 0.6 is 0 Å². The fourth-order valence-corrected chi connectivity index (χ4v) is 4.22. The monoisotopic (exact) mass is 463 g/mol. The van der Waals surface area contributed by atoms with E-state index in [-0.39, 0.29) is 54.5 Å². The van der Waals surface area contributed by atoms with Gasteiger partial charge in [-0.3, -0.25) is 29.3 Å². The van der Waals surface area contributed by atoms with Gasteiger partial charge in [-0.2, -0.15) is 0 Å². The van der Waals surface area contributed by atoms with Gasteiger partial charge < -0.3 is 14.6 Å². The molecule has 0 spiro atoms. The molecule has 4 amide bonds. The molecule has 2 aromatic carbocycles. The second-order valence-corrected chi connectivity index (χ2v) is 8.19. The summed E-state index contributed by atoms with van der Waals surface area (Å²) >= 11 is 0. The highest BCUT2D eigenvalue weighted by atomic mass is 19.1. The van der Waals surface area contributed by atoms with Gasteiger partial charge in [0.25, 0.3) is 11.8 Å². The fourth-order valence-electron chi connectivity index (χ4n) is 4.22. The third-order valence-electron chi connectivity index (χ3n) is 5.96. The minimum Gasteiger partial charge on any atom is -0.451 e. The molecule has 1 atom stereocenters. The molecular formula is C24H18FN3O6. The summed E-state index contributed by atoms with van der Waals surface area (Å²) in [6.07, 6.45) is 0.444. The number of benzene rings is 2. The number of nitrogens with zero attached hydrogens (tertiary/aromatic N) is 1. The smallest absolute Gasteiger partial charge is 0.287 e. The number of imide groups is 1. The molecule has 1 fully saturated rings. The molecule has 1 unspecified atom stereocenters. The van der Waals surface area contributed by atoms with Gasteiger partial charge in [0, 0.05) is 37.2 Å². The molecule has 1 aromatic heterocycles. The van der Waals surface area contributed by atoms with E-state index in [1.165, 1.54) is 11.0 Å². The van der Waals surface area contributed by atoms with Crippen molar-refractivity contribution in [1.29, 1.82) is 0 Å². The molecule has 2 N–H and O–H groups in total. The normalized spacial score (nSPS) is 17.6. The highest BCUT2D eigenvalue weighted by Crippen LogP contribution is 2.28.